The van der Waals surface area contributed by atoms with E-state index in [2.05, 4.69) is 10.6 Å². The SMILES string of the molecule is CC(O)(CO)CNC(=O)c1ccc2c(c1)CNCC2. The second-order valence-corrected chi connectivity index (χ2v) is 5.25. The highest BCUT2D eigenvalue weighted by molar-refractivity contribution is 5.94. The van der Waals surface area contributed by atoms with E-state index in [-0.39, 0.29) is 19.1 Å². The van der Waals surface area contributed by atoms with Gasteiger partial charge in [0, 0.05) is 18.7 Å². The second kappa shape index (κ2) is 5.69. The van der Waals surface area contributed by atoms with Crippen molar-refractivity contribution in [1.82, 2.24) is 10.6 Å². The van der Waals surface area contributed by atoms with Crippen LogP contribution in [0.15, 0.2) is 18.2 Å². The Hall–Kier alpha value is -1.43. The van der Waals surface area contributed by atoms with Crippen LogP contribution in [0.3, 0.4) is 0 Å². The minimum atomic E-state index is -1.29. The van der Waals surface area contributed by atoms with Crippen LogP contribution in [0.25, 0.3) is 0 Å². The summed E-state index contributed by atoms with van der Waals surface area (Å²) in [5.74, 6) is -0.234. The lowest BCUT2D eigenvalue weighted by Gasteiger charge is -2.21. The summed E-state index contributed by atoms with van der Waals surface area (Å²) in [6, 6.07) is 5.66. The van der Waals surface area contributed by atoms with E-state index in [9.17, 15) is 9.90 Å². The largest absolute Gasteiger partial charge is 0.393 e. The lowest BCUT2D eigenvalue weighted by molar-refractivity contribution is 0.00320. The highest BCUT2D eigenvalue weighted by atomic mass is 16.3. The summed E-state index contributed by atoms with van der Waals surface area (Å²) in [6.45, 7) is 2.87. The lowest BCUT2D eigenvalue weighted by atomic mass is 9.98. The minimum absolute atomic E-state index is 0.0255. The molecule has 1 aromatic rings. The molecule has 4 N–H and O–H groups in total. The van der Waals surface area contributed by atoms with E-state index < -0.39 is 5.60 Å². The Kier molecular flexibility index (Phi) is 4.19. The summed E-state index contributed by atoms with van der Waals surface area (Å²) in [5.41, 5.74) is 1.72. The van der Waals surface area contributed by atoms with Crippen molar-refractivity contribution in [3.8, 4) is 0 Å². The van der Waals surface area contributed by atoms with Crippen LogP contribution in [0.1, 0.15) is 28.4 Å². The normalized spacial score (nSPS) is 17.4. The highest BCUT2D eigenvalue weighted by Gasteiger charge is 2.20. The maximum absolute atomic E-state index is 12.0. The Morgan fingerprint density at radius 3 is 3.00 bits per heavy atom. The number of benzene rings is 1. The number of fused-ring (bicyclic) bond motifs is 1. The number of rotatable bonds is 4. The zero-order valence-corrected chi connectivity index (χ0v) is 11.1. The summed E-state index contributed by atoms with van der Waals surface area (Å²) in [4.78, 5) is 12.0. The Labute approximate surface area is 112 Å². The average molecular weight is 264 g/mol. The van der Waals surface area contributed by atoms with Crippen LogP contribution in [0, 0.1) is 0 Å². The van der Waals surface area contributed by atoms with Crippen LogP contribution in [0.5, 0.6) is 0 Å². The molecule has 0 saturated carbocycles. The van der Waals surface area contributed by atoms with E-state index in [4.69, 9.17) is 5.11 Å². The standard InChI is InChI=1S/C14H20N2O3/c1-14(19,9-17)8-16-13(18)11-3-2-10-4-5-15-7-12(10)6-11/h2-3,6,15,17,19H,4-5,7-9H2,1H3,(H,16,18). The number of aliphatic hydroxyl groups is 2. The summed E-state index contributed by atoms with van der Waals surface area (Å²) < 4.78 is 0. The van der Waals surface area contributed by atoms with E-state index in [0.29, 0.717) is 5.56 Å². The lowest BCUT2D eigenvalue weighted by Crippen LogP contribution is -2.43. The van der Waals surface area contributed by atoms with Crippen LogP contribution in [-0.2, 0) is 13.0 Å². The number of hydrogen-bond acceptors (Lipinski definition) is 4. The summed E-state index contributed by atoms with van der Waals surface area (Å²) in [6.07, 6.45) is 0.983. The van der Waals surface area contributed by atoms with Crippen molar-refractivity contribution < 1.29 is 15.0 Å². The molecule has 0 fully saturated rings. The molecule has 0 aliphatic carbocycles. The number of amides is 1. The van der Waals surface area contributed by atoms with Gasteiger partial charge in [-0.3, -0.25) is 4.79 Å². The van der Waals surface area contributed by atoms with Gasteiger partial charge in [-0.2, -0.15) is 0 Å². The van der Waals surface area contributed by atoms with Gasteiger partial charge in [0.25, 0.3) is 5.91 Å². The molecule has 104 valence electrons. The molecule has 0 radical (unpaired) electrons. The van der Waals surface area contributed by atoms with E-state index in [1.165, 1.54) is 12.5 Å². The third kappa shape index (κ3) is 3.53. The first-order valence-electron chi connectivity index (χ1n) is 6.46. The van der Waals surface area contributed by atoms with Crippen molar-refractivity contribution in [1.29, 1.82) is 0 Å². The molecule has 5 nitrogen and oxygen atoms in total. The van der Waals surface area contributed by atoms with E-state index in [1.807, 2.05) is 12.1 Å². The molecule has 0 spiro atoms. The summed E-state index contributed by atoms with van der Waals surface area (Å²) in [5, 5.41) is 24.5. The van der Waals surface area contributed by atoms with Crippen LogP contribution in [-0.4, -0.2) is 41.4 Å². The van der Waals surface area contributed by atoms with Crippen molar-refractivity contribution in [3.63, 3.8) is 0 Å². The van der Waals surface area contributed by atoms with Gasteiger partial charge >= 0.3 is 0 Å². The zero-order valence-electron chi connectivity index (χ0n) is 11.1. The topological polar surface area (TPSA) is 81.6 Å². The maximum Gasteiger partial charge on any atom is 0.251 e. The molecule has 1 aliphatic rings. The first-order chi connectivity index (χ1) is 9.02. The highest BCUT2D eigenvalue weighted by Crippen LogP contribution is 2.16. The Morgan fingerprint density at radius 1 is 1.47 bits per heavy atom. The molecule has 1 amide bonds. The smallest absolute Gasteiger partial charge is 0.251 e. The van der Waals surface area contributed by atoms with Gasteiger partial charge in [0.2, 0.25) is 0 Å². The fraction of sp³-hybridized carbons (Fsp3) is 0.500. The molecule has 5 heteroatoms. The predicted molar refractivity (Wildman–Crippen MR) is 71.9 cm³/mol. The molecule has 1 heterocycles. The third-order valence-electron chi connectivity index (χ3n) is 3.33. The average Bonchev–Trinajstić information content (AvgIpc) is 2.44. The van der Waals surface area contributed by atoms with Crippen molar-refractivity contribution in [2.24, 2.45) is 0 Å². The molecule has 2 rings (SSSR count). The number of carbonyl (C=O) groups excluding carboxylic acids is 1. The Bertz CT molecular complexity index is 472. The van der Waals surface area contributed by atoms with Gasteiger partial charge in [-0.25, -0.2) is 0 Å². The fourth-order valence-corrected chi connectivity index (χ4v) is 2.05. The Morgan fingerprint density at radius 2 is 2.26 bits per heavy atom. The number of hydrogen-bond donors (Lipinski definition) is 4. The van der Waals surface area contributed by atoms with Gasteiger partial charge in [-0.15, -0.1) is 0 Å². The molecule has 1 unspecified atom stereocenters. The first kappa shape index (κ1) is 14.0. The van der Waals surface area contributed by atoms with Gasteiger partial charge in [-0.1, -0.05) is 6.07 Å². The van der Waals surface area contributed by atoms with E-state index in [0.717, 1.165) is 25.1 Å². The predicted octanol–water partition coefficient (Wildman–Crippen LogP) is -0.195. The van der Waals surface area contributed by atoms with Gasteiger partial charge < -0.3 is 20.8 Å². The molecular weight excluding hydrogens is 244 g/mol. The van der Waals surface area contributed by atoms with Crippen molar-refractivity contribution in [2.45, 2.75) is 25.5 Å². The van der Waals surface area contributed by atoms with Crippen molar-refractivity contribution in [3.05, 3.63) is 34.9 Å². The first-order valence-corrected chi connectivity index (χ1v) is 6.46. The van der Waals surface area contributed by atoms with Gasteiger partial charge in [0.1, 0.15) is 5.60 Å². The number of aliphatic hydroxyl groups excluding tert-OH is 1. The quantitative estimate of drug-likeness (QED) is 0.607. The van der Waals surface area contributed by atoms with Crippen LogP contribution in [0.4, 0.5) is 0 Å². The van der Waals surface area contributed by atoms with E-state index >= 15 is 0 Å². The Balaban J connectivity index is 2.03. The van der Waals surface area contributed by atoms with Gasteiger partial charge in [0.05, 0.1) is 6.61 Å². The van der Waals surface area contributed by atoms with Gasteiger partial charge in [0.15, 0.2) is 0 Å². The van der Waals surface area contributed by atoms with Crippen molar-refractivity contribution in [2.75, 3.05) is 19.7 Å². The molecule has 1 aromatic carbocycles. The zero-order chi connectivity index (χ0) is 13.9. The van der Waals surface area contributed by atoms with Gasteiger partial charge in [-0.05, 0) is 43.1 Å². The fourth-order valence-electron chi connectivity index (χ4n) is 2.05. The summed E-state index contributed by atoms with van der Waals surface area (Å²) >= 11 is 0. The third-order valence-corrected chi connectivity index (χ3v) is 3.33. The molecular formula is C14H20N2O3. The molecule has 1 aliphatic heterocycles. The van der Waals surface area contributed by atoms with Crippen molar-refractivity contribution >= 4 is 5.91 Å². The molecule has 0 bridgehead atoms. The molecule has 0 aromatic heterocycles. The van der Waals surface area contributed by atoms with Crippen LogP contribution in [0.2, 0.25) is 0 Å². The van der Waals surface area contributed by atoms with Crippen LogP contribution < -0.4 is 10.6 Å². The number of carbonyl (C=O) groups is 1. The number of nitrogens with one attached hydrogen (secondary N) is 2. The molecule has 0 saturated heterocycles. The minimum Gasteiger partial charge on any atom is -0.393 e. The summed E-state index contributed by atoms with van der Waals surface area (Å²) in [7, 11) is 0. The molecule has 1 atom stereocenters. The second-order valence-electron chi connectivity index (χ2n) is 5.25. The monoisotopic (exact) mass is 264 g/mol. The maximum atomic E-state index is 12.0. The van der Waals surface area contributed by atoms with E-state index in [1.54, 1.807) is 6.07 Å². The van der Waals surface area contributed by atoms with Crippen LogP contribution >= 0.6 is 0 Å². The molecule has 19 heavy (non-hydrogen) atoms.